The summed E-state index contributed by atoms with van der Waals surface area (Å²) in [6, 6.07) is 20.6. The minimum absolute atomic E-state index is 0.619. The topological polar surface area (TPSA) is 35.5 Å². The second-order valence-electron chi connectivity index (χ2n) is 5.35. The fourth-order valence-electron chi connectivity index (χ4n) is 3.19. The first-order valence-corrected chi connectivity index (χ1v) is 8.78. The number of ether oxygens (including phenoxy) is 2. The van der Waals surface area contributed by atoms with E-state index in [2.05, 4.69) is 0 Å². The molecule has 0 radical (unpaired) electrons. The van der Waals surface area contributed by atoms with E-state index in [-0.39, 0.29) is 0 Å². The van der Waals surface area contributed by atoms with Crippen molar-refractivity contribution in [2.24, 2.45) is 0 Å². The predicted molar refractivity (Wildman–Crippen MR) is 86.0 cm³/mol. The zero-order valence-electron chi connectivity index (χ0n) is 11.5. The van der Waals surface area contributed by atoms with Crippen molar-refractivity contribution >= 4 is 23.1 Å². The van der Waals surface area contributed by atoms with Crippen LogP contribution in [-0.4, -0.2) is 0 Å². The molecule has 3 aromatic carbocycles. The summed E-state index contributed by atoms with van der Waals surface area (Å²) in [6.07, 6.45) is 0. The molecule has 22 heavy (non-hydrogen) atoms. The van der Waals surface area contributed by atoms with Crippen LogP contribution in [0.1, 0.15) is 0 Å². The highest BCUT2D eigenvalue weighted by Crippen LogP contribution is 2.57. The zero-order chi connectivity index (χ0) is 14.7. The molecule has 0 N–H and O–H groups in total. The van der Waals surface area contributed by atoms with Gasteiger partial charge in [-0.25, -0.2) is 0 Å². The largest absolute Gasteiger partial charge is 0.456 e. The molecule has 0 bridgehead atoms. The first-order chi connectivity index (χ1) is 10.8. The van der Waals surface area contributed by atoms with Crippen LogP contribution in [0.15, 0.2) is 66.7 Å². The predicted octanol–water partition coefficient (Wildman–Crippen LogP) is 3.54. The van der Waals surface area contributed by atoms with E-state index in [1.54, 1.807) is 0 Å². The molecule has 0 amide bonds. The Labute approximate surface area is 127 Å². The molecule has 2 heterocycles. The summed E-state index contributed by atoms with van der Waals surface area (Å²) >= 11 is 0. The van der Waals surface area contributed by atoms with Crippen LogP contribution < -0.4 is 25.4 Å². The van der Waals surface area contributed by atoms with Gasteiger partial charge in [0.1, 0.15) is 28.3 Å². The average molecular weight is 306 g/mol. The number of hydrogen-bond donors (Lipinski definition) is 0. The van der Waals surface area contributed by atoms with Crippen LogP contribution in [0.2, 0.25) is 0 Å². The van der Waals surface area contributed by atoms with E-state index in [0.717, 1.165) is 10.6 Å². The lowest BCUT2D eigenvalue weighted by molar-refractivity contribution is 0.461. The minimum atomic E-state index is -2.97. The second-order valence-corrected chi connectivity index (χ2v) is 7.98. The Morgan fingerprint density at radius 1 is 0.591 bits per heavy atom. The molecule has 0 aliphatic carbocycles. The maximum atomic E-state index is 14.2. The van der Waals surface area contributed by atoms with Gasteiger partial charge in [-0.15, -0.1) is 0 Å². The van der Waals surface area contributed by atoms with Gasteiger partial charge < -0.3 is 14.0 Å². The fourth-order valence-corrected chi connectivity index (χ4v) is 6.25. The van der Waals surface area contributed by atoms with Crippen LogP contribution in [0.4, 0.5) is 0 Å². The highest BCUT2D eigenvalue weighted by molar-refractivity contribution is 7.86. The van der Waals surface area contributed by atoms with Gasteiger partial charge in [0, 0.05) is 0 Å². The van der Waals surface area contributed by atoms with E-state index < -0.39 is 7.14 Å². The lowest BCUT2D eigenvalue weighted by atomic mass is 10.3. The third-order valence-corrected chi connectivity index (χ3v) is 7.29. The number of benzene rings is 3. The normalized spacial score (nSPS) is 15.6. The van der Waals surface area contributed by atoms with Crippen LogP contribution in [0, 0.1) is 0 Å². The summed E-state index contributed by atoms with van der Waals surface area (Å²) in [4.78, 5) is 0. The number of rotatable bonds is 0. The van der Waals surface area contributed by atoms with Crippen molar-refractivity contribution in [3.8, 4) is 23.0 Å². The summed E-state index contributed by atoms with van der Waals surface area (Å²) < 4.78 is 26.1. The van der Waals surface area contributed by atoms with Crippen molar-refractivity contribution in [1.29, 1.82) is 0 Å². The van der Waals surface area contributed by atoms with E-state index in [1.165, 1.54) is 0 Å². The first-order valence-electron chi connectivity index (χ1n) is 7.07. The van der Waals surface area contributed by atoms with Crippen LogP contribution in [0.5, 0.6) is 23.0 Å². The monoisotopic (exact) mass is 306 g/mol. The lowest BCUT2D eigenvalue weighted by Crippen LogP contribution is -2.34. The summed E-state index contributed by atoms with van der Waals surface area (Å²) in [5.41, 5.74) is 0. The van der Waals surface area contributed by atoms with Gasteiger partial charge in [-0.1, -0.05) is 30.3 Å². The number of hydrogen-bond acceptors (Lipinski definition) is 3. The molecule has 0 saturated carbocycles. The van der Waals surface area contributed by atoms with Gasteiger partial charge in [0.15, 0.2) is 7.14 Å². The molecule has 2 aliphatic heterocycles. The molecule has 3 nitrogen and oxygen atoms in total. The van der Waals surface area contributed by atoms with Gasteiger partial charge in [0.05, 0.1) is 10.6 Å². The van der Waals surface area contributed by atoms with Crippen molar-refractivity contribution < 1.29 is 14.0 Å². The van der Waals surface area contributed by atoms with Crippen LogP contribution in [0.25, 0.3) is 0 Å². The molecule has 0 unspecified atom stereocenters. The van der Waals surface area contributed by atoms with Gasteiger partial charge in [-0.2, -0.15) is 0 Å². The molecule has 0 fully saturated rings. The summed E-state index contributed by atoms with van der Waals surface area (Å²) in [5.74, 6) is 2.56. The Hall–Kier alpha value is -2.51. The van der Waals surface area contributed by atoms with E-state index in [4.69, 9.17) is 9.47 Å². The molecular formula is C18H11O3P. The summed E-state index contributed by atoms with van der Waals surface area (Å²) in [5, 5.41) is 2.16. The van der Waals surface area contributed by atoms with Crippen LogP contribution >= 0.6 is 7.14 Å². The molecule has 0 aromatic heterocycles. The smallest absolute Gasteiger partial charge is 0.185 e. The van der Waals surface area contributed by atoms with Crippen molar-refractivity contribution in [2.75, 3.05) is 0 Å². The third-order valence-electron chi connectivity index (χ3n) is 4.13. The first kappa shape index (κ1) is 12.1. The molecule has 4 heteroatoms. The van der Waals surface area contributed by atoms with Gasteiger partial charge in [-0.05, 0) is 36.4 Å². The lowest BCUT2D eigenvalue weighted by Gasteiger charge is -2.34. The molecule has 3 aromatic rings. The molecule has 0 saturated heterocycles. The van der Waals surface area contributed by atoms with Crippen LogP contribution in [0.3, 0.4) is 0 Å². The Balaban J connectivity index is 1.97. The second kappa shape index (κ2) is 4.02. The van der Waals surface area contributed by atoms with E-state index >= 15 is 0 Å². The van der Waals surface area contributed by atoms with E-state index in [0.29, 0.717) is 28.3 Å². The third kappa shape index (κ3) is 1.34. The molecule has 0 atom stereocenters. The van der Waals surface area contributed by atoms with E-state index in [1.807, 2.05) is 66.7 Å². The van der Waals surface area contributed by atoms with Crippen molar-refractivity contribution in [2.45, 2.75) is 0 Å². The van der Waals surface area contributed by atoms with Crippen molar-refractivity contribution in [3.05, 3.63) is 66.7 Å². The summed E-state index contributed by atoms with van der Waals surface area (Å²) in [7, 11) is -2.97. The maximum Gasteiger partial charge on any atom is 0.185 e. The van der Waals surface area contributed by atoms with Gasteiger partial charge in [0.2, 0.25) is 0 Å². The maximum absolute atomic E-state index is 14.2. The minimum Gasteiger partial charge on any atom is -0.456 e. The Bertz CT molecular complexity index is 906. The van der Waals surface area contributed by atoms with Gasteiger partial charge in [0.25, 0.3) is 0 Å². The fraction of sp³-hybridized carbons (Fsp3) is 0. The number of para-hydroxylation sites is 2. The molecule has 2 aliphatic rings. The molecule has 0 spiro atoms. The quantitative estimate of drug-likeness (QED) is 0.411. The van der Waals surface area contributed by atoms with Crippen molar-refractivity contribution in [1.82, 2.24) is 0 Å². The average Bonchev–Trinajstić information content (AvgIpc) is 2.55. The van der Waals surface area contributed by atoms with E-state index in [9.17, 15) is 4.57 Å². The Morgan fingerprint density at radius 3 is 1.59 bits per heavy atom. The Morgan fingerprint density at radius 2 is 1.05 bits per heavy atom. The molecular weight excluding hydrogens is 295 g/mol. The standard InChI is InChI=1S/C18H11O3P/c19-22-16-10-3-1-6-12(16)20-14-8-5-9-15(18(14)22)21-13-7-2-4-11-17(13)22/h1-11H. The zero-order valence-corrected chi connectivity index (χ0v) is 12.4. The highest BCUT2D eigenvalue weighted by Gasteiger charge is 2.45. The highest BCUT2D eigenvalue weighted by atomic mass is 31.2. The number of fused-ring (bicyclic) bond motifs is 4. The SMILES string of the molecule is O=P12c3ccccc3Oc3cccc(c31)Oc1ccccc12. The van der Waals surface area contributed by atoms with Crippen LogP contribution in [-0.2, 0) is 4.57 Å². The van der Waals surface area contributed by atoms with Crippen molar-refractivity contribution in [3.63, 3.8) is 0 Å². The molecule has 106 valence electrons. The van der Waals surface area contributed by atoms with Gasteiger partial charge >= 0.3 is 0 Å². The molecule has 5 rings (SSSR count). The summed E-state index contributed by atoms with van der Waals surface area (Å²) in [6.45, 7) is 0. The Kier molecular flexibility index (Phi) is 2.21. The van der Waals surface area contributed by atoms with Gasteiger partial charge in [-0.3, -0.25) is 0 Å².